The third kappa shape index (κ3) is 5.36. The lowest BCUT2D eigenvalue weighted by molar-refractivity contribution is 0.0949. The van der Waals surface area contributed by atoms with Crippen LogP contribution in [-0.2, 0) is 0 Å². The number of nitrogens with one attached hydrogen (secondary N) is 2. The number of benzene rings is 2. The van der Waals surface area contributed by atoms with Crippen LogP contribution in [0.25, 0.3) is 11.3 Å². The summed E-state index contributed by atoms with van der Waals surface area (Å²) < 4.78 is 0. The minimum Gasteiger partial charge on any atom is -0.396 e. The van der Waals surface area contributed by atoms with Crippen LogP contribution in [0, 0.1) is 0 Å². The van der Waals surface area contributed by atoms with Crippen LogP contribution in [0.15, 0.2) is 60.8 Å². The molecule has 6 nitrogen and oxygen atoms in total. The number of hydrogen-bond acceptors (Lipinski definition) is 4. The first kappa shape index (κ1) is 21.8. The topological polar surface area (TPSA) is 91.3 Å². The van der Waals surface area contributed by atoms with E-state index in [4.69, 9.17) is 28.3 Å². The molecule has 1 heterocycles. The van der Waals surface area contributed by atoms with Crippen molar-refractivity contribution in [1.82, 2.24) is 10.3 Å². The Morgan fingerprint density at radius 3 is 2.50 bits per heavy atom. The molecule has 30 heavy (non-hydrogen) atoms. The van der Waals surface area contributed by atoms with E-state index in [9.17, 15) is 9.59 Å². The van der Waals surface area contributed by atoms with Crippen molar-refractivity contribution in [3.8, 4) is 11.3 Å². The van der Waals surface area contributed by atoms with Gasteiger partial charge in [-0.15, -0.1) is 0 Å². The van der Waals surface area contributed by atoms with Gasteiger partial charge in [-0.1, -0.05) is 29.3 Å². The molecule has 154 valence electrons. The predicted octanol–water partition coefficient (Wildman–Crippen LogP) is 4.42. The molecule has 0 spiro atoms. The Morgan fingerprint density at radius 2 is 1.80 bits per heavy atom. The Kier molecular flexibility index (Phi) is 7.41. The predicted molar refractivity (Wildman–Crippen MR) is 118 cm³/mol. The summed E-state index contributed by atoms with van der Waals surface area (Å²) in [6.45, 7) is 0.344. The van der Waals surface area contributed by atoms with Crippen LogP contribution in [-0.4, -0.2) is 35.1 Å². The van der Waals surface area contributed by atoms with E-state index < -0.39 is 5.91 Å². The fraction of sp³-hybridized carbons (Fsp3) is 0.136. The lowest BCUT2D eigenvalue weighted by atomic mass is 10.1. The lowest BCUT2D eigenvalue weighted by Gasteiger charge is -2.11. The first-order valence-corrected chi connectivity index (χ1v) is 9.96. The first-order chi connectivity index (χ1) is 14.5. The molecule has 3 N–H and O–H groups in total. The molecular formula is C22H19Cl2N3O3. The molecule has 1 aromatic heterocycles. The maximum absolute atomic E-state index is 12.7. The van der Waals surface area contributed by atoms with Crippen LogP contribution in [0.2, 0.25) is 10.0 Å². The minimum absolute atomic E-state index is 0.00705. The molecule has 2 amide bonds. The number of aromatic nitrogens is 1. The molecule has 0 aliphatic rings. The molecule has 0 saturated carbocycles. The van der Waals surface area contributed by atoms with Gasteiger partial charge in [0, 0.05) is 36.2 Å². The summed E-state index contributed by atoms with van der Waals surface area (Å²) in [6.07, 6.45) is 2.12. The number of nitrogens with zero attached hydrogens (tertiary/aromatic N) is 1. The normalized spacial score (nSPS) is 10.5. The Morgan fingerprint density at radius 1 is 0.967 bits per heavy atom. The van der Waals surface area contributed by atoms with Gasteiger partial charge in [0.15, 0.2) is 0 Å². The zero-order valence-electron chi connectivity index (χ0n) is 15.9. The highest BCUT2D eigenvalue weighted by Crippen LogP contribution is 2.29. The van der Waals surface area contributed by atoms with Crippen molar-refractivity contribution in [3.63, 3.8) is 0 Å². The zero-order valence-corrected chi connectivity index (χ0v) is 17.4. The quantitative estimate of drug-likeness (QED) is 0.471. The van der Waals surface area contributed by atoms with Crippen LogP contribution in [0.3, 0.4) is 0 Å². The van der Waals surface area contributed by atoms with Gasteiger partial charge in [-0.2, -0.15) is 0 Å². The molecular weight excluding hydrogens is 425 g/mol. The van der Waals surface area contributed by atoms with Crippen molar-refractivity contribution >= 4 is 40.7 Å². The van der Waals surface area contributed by atoms with E-state index in [1.54, 1.807) is 24.4 Å². The van der Waals surface area contributed by atoms with E-state index >= 15 is 0 Å². The number of carbonyl (C=O) groups excluding carboxylic acids is 2. The van der Waals surface area contributed by atoms with Gasteiger partial charge in [0.25, 0.3) is 11.8 Å². The standard InChI is InChI=1S/C22H19Cl2N3O3/c23-18-8-6-15(13-17(18)20-4-1-2-9-25-20)27-22(30)16-7-5-14(12-19(16)24)21(29)26-10-3-11-28/h1-2,4-9,12-13,28H,3,10-11H2,(H,26,29)(H,27,30). The monoisotopic (exact) mass is 443 g/mol. The highest BCUT2D eigenvalue weighted by atomic mass is 35.5. The Hall–Kier alpha value is -2.93. The second-order valence-corrected chi connectivity index (χ2v) is 7.21. The average Bonchev–Trinajstić information content (AvgIpc) is 2.75. The van der Waals surface area contributed by atoms with E-state index in [0.29, 0.717) is 40.5 Å². The summed E-state index contributed by atoms with van der Waals surface area (Å²) in [5.41, 5.74) is 2.48. The second kappa shape index (κ2) is 10.2. The number of aliphatic hydroxyl groups excluding tert-OH is 1. The number of halogens is 2. The summed E-state index contributed by atoms with van der Waals surface area (Å²) in [5, 5.41) is 14.9. The van der Waals surface area contributed by atoms with Crippen molar-refractivity contribution in [2.45, 2.75) is 6.42 Å². The number of anilines is 1. The summed E-state index contributed by atoms with van der Waals surface area (Å²) in [7, 11) is 0. The van der Waals surface area contributed by atoms with Crippen LogP contribution < -0.4 is 10.6 Å². The third-order valence-electron chi connectivity index (χ3n) is 4.26. The zero-order chi connectivity index (χ0) is 21.5. The summed E-state index contributed by atoms with van der Waals surface area (Å²) in [6, 6.07) is 15.0. The maximum Gasteiger partial charge on any atom is 0.257 e. The Labute approximate surface area is 183 Å². The second-order valence-electron chi connectivity index (χ2n) is 6.39. The summed E-state index contributed by atoms with van der Waals surface area (Å²) >= 11 is 12.5. The molecule has 3 rings (SSSR count). The van der Waals surface area contributed by atoms with Crippen LogP contribution in [0.5, 0.6) is 0 Å². The molecule has 0 radical (unpaired) electrons. The van der Waals surface area contributed by atoms with E-state index in [2.05, 4.69) is 15.6 Å². The highest BCUT2D eigenvalue weighted by Gasteiger charge is 2.15. The Bertz CT molecular complexity index is 1060. The highest BCUT2D eigenvalue weighted by molar-refractivity contribution is 6.35. The fourth-order valence-electron chi connectivity index (χ4n) is 2.74. The van der Waals surface area contributed by atoms with Gasteiger partial charge in [-0.25, -0.2) is 0 Å². The SMILES string of the molecule is O=C(NCCCO)c1ccc(C(=O)Nc2ccc(Cl)c(-c3ccccn3)c2)c(Cl)c1. The molecule has 3 aromatic rings. The summed E-state index contributed by atoms with van der Waals surface area (Å²) in [4.78, 5) is 29.1. The first-order valence-electron chi connectivity index (χ1n) is 9.20. The third-order valence-corrected chi connectivity index (χ3v) is 4.90. The van der Waals surface area contributed by atoms with Crippen molar-refractivity contribution in [2.24, 2.45) is 0 Å². The van der Waals surface area contributed by atoms with E-state index in [1.165, 1.54) is 18.2 Å². The smallest absolute Gasteiger partial charge is 0.257 e. The van der Waals surface area contributed by atoms with Crippen LogP contribution in [0.4, 0.5) is 5.69 Å². The maximum atomic E-state index is 12.7. The summed E-state index contributed by atoms with van der Waals surface area (Å²) in [5.74, 6) is -0.739. The number of pyridine rings is 1. The van der Waals surface area contributed by atoms with Gasteiger partial charge in [-0.3, -0.25) is 14.6 Å². The molecule has 0 saturated heterocycles. The molecule has 0 unspecified atom stereocenters. The number of hydrogen-bond donors (Lipinski definition) is 3. The molecule has 8 heteroatoms. The number of rotatable bonds is 7. The molecule has 0 atom stereocenters. The largest absolute Gasteiger partial charge is 0.396 e. The number of aliphatic hydroxyl groups is 1. The molecule has 0 aliphatic carbocycles. The van der Waals surface area contributed by atoms with Crippen LogP contribution >= 0.6 is 23.2 Å². The Balaban J connectivity index is 1.76. The van der Waals surface area contributed by atoms with Gasteiger partial charge < -0.3 is 15.7 Å². The molecule has 0 bridgehead atoms. The van der Waals surface area contributed by atoms with E-state index in [-0.39, 0.29) is 23.1 Å². The van der Waals surface area contributed by atoms with E-state index in [0.717, 1.165) is 0 Å². The average molecular weight is 444 g/mol. The van der Waals surface area contributed by atoms with Crippen molar-refractivity contribution < 1.29 is 14.7 Å². The van der Waals surface area contributed by atoms with Gasteiger partial charge in [0.1, 0.15) is 0 Å². The molecule has 2 aromatic carbocycles. The van der Waals surface area contributed by atoms with Crippen molar-refractivity contribution in [3.05, 3.63) is 82.0 Å². The fourth-order valence-corrected chi connectivity index (χ4v) is 3.22. The van der Waals surface area contributed by atoms with Gasteiger partial charge in [0.05, 0.1) is 21.3 Å². The lowest BCUT2D eigenvalue weighted by Crippen LogP contribution is -2.25. The van der Waals surface area contributed by atoms with E-state index in [1.807, 2.05) is 18.2 Å². The van der Waals surface area contributed by atoms with Gasteiger partial charge >= 0.3 is 0 Å². The van der Waals surface area contributed by atoms with Crippen LogP contribution in [0.1, 0.15) is 27.1 Å². The minimum atomic E-state index is -0.415. The number of amides is 2. The number of carbonyl (C=O) groups is 2. The molecule has 0 aliphatic heterocycles. The molecule has 0 fully saturated rings. The van der Waals surface area contributed by atoms with Gasteiger partial charge in [-0.05, 0) is 55.0 Å². The van der Waals surface area contributed by atoms with Crippen molar-refractivity contribution in [2.75, 3.05) is 18.5 Å². The van der Waals surface area contributed by atoms with Gasteiger partial charge in [0.2, 0.25) is 0 Å². The van der Waals surface area contributed by atoms with Crippen molar-refractivity contribution in [1.29, 1.82) is 0 Å².